The summed E-state index contributed by atoms with van der Waals surface area (Å²) in [4.78, 5) is 12.6. The minimum absolute atomic E-state index is 0.0967. The highest BCUT2D eigenvalue weighted by molar-refractivity contribution is 5.77. The lowest BCUT2D eigenvalue weighted by molar-refractivity contribution is -0.127. The molecule has 0 aromatic heterocycles. The second kappa shape index (κ2) is 6.68. The summed E-state index contributed by atoms with van der Waals surface area (Å²) in [5.74, 6) is 5.80. The van der Waals surface area contributed by atoms with Gasteiger partial charge in [-0.25, -0.2) is 0 Å². The van der Waals surface area contributed by atoms with E-state index in [2.05, 4.69) is 17.2 Å². The third-order valence-electron chi connectivity index (χ3n) is 1.38. The van der Waals surface area contributed by atoms with Crippen molar-refractivity contribution in [2.24, 2.45) is 0 Å². The van der Waals surface area contributed by atoms with Gasteiger partial charge in [-0.2, -0.15) is 0 Å². The highest BCUT2D eigenvalue weighted by Crippen LogP contribution is 1.76. The SMILES string of the molecule is CC#CCCNCC(=O)N(C)C. The van der Waals surface area contributed by atoms with Crippen molar-refractivity contribution in [2.75, 3.05) is 27.2 Å². The summed E-state index contributed by atoms with van der Waals surface area (Å²) >= 11 is 0. The molecule has 0 radical (unpaired) electrons. The number of likely N-dealkylation sites (N-methyl/N-ethyl adjacent to an activating group) is 1. The minimum atomic E-state index is 0.0967. The van der Waals surface area contributed by atoms with Gasteiger partial charge in [0.2, 0.25) is 5.91 Å². The Labute approximate surface area is 74.1 Å². The van der Waals surface area contributed by atoms with Crippen LogP contribution in [-0.2, 0) is 4.79 Å². The largest absolute Gasteiger partial charge is 0.348 e. The molecule has 0 fully saturated rings. The molecule has 0 bridgehead atoms. The molecule has 1 amide bonds. The average Bonchev–Trinajstić information content (AvgIpc) is 2.03. The predicted octanol–water partition coefficient (Wildman–Crippen LogP) is 0.0776. The number of carbonyl (C=O) groups excluding carboxylic acids is 1. The van der Waals surface area contributed by atoms with Gasteiger partial charge in [-0.1, -0.05) is 0 Å². The molecule has 0 aromatic rings. The number of rotatable bonds is 4. The molecule has 0 aliphatic rings. The maximum Gasteiger partial charge on any atom is 0.236 e. The van der Waals surface area contributed by atoms with Gasteiger partial charge < -0.3 is 10.2 Å². The van der Waals surface area contributed by atoms with Gasteiger partial charge in [-0.15, -0.1) is 11.8 Å². The van der Waals surface area contributed by atoms with Gasteiger partial charge in [0, 0.05) is 27.1 Å². The van der Waals surface area contributed by atoms with Gasteiger partial charge in [0.25, 0.3) is 0 Å². The molecule has 68 valence electrons. The third-order valence-corrected chi connectivity index (χ3v) is 1.38. The average molecular weight is 168 g/mol. The van der Waals surface area contributed by atoms with Crippen molar-refractivity contribution < 1.29 is 4.79 Å². The first-order valence-corrected chi connectivity index (χ1v) is 3.99. The number of hydrogen-bond donors (Lipinski definition) is 1. The lowest BCUT2D eigenvalue weighted by Crippen LogP contribution is -2.33. The van der Waals surface area contributed by atoms with Gasteiger partial charge in [-0.05, 0) is 6.92 Å². The summed E-state index contributed by atoms with van der Waals surface area (Å²) in [5, 5.41) is 3.01. The second-order valence-electron chi connectivity index (χ2n) is 2.64. The Balaban J connectivity index is 3.30. The Morgan fingerprint density at radius 3 is 2.67 bits per heavy atom. The van der Waals surface area contributed by atoms with Crippen molar-refractivity contribution in [1.29, 1.82) is 0 Å². The number of nitrogens with one attached hydrogen (secondary N) is 1. The van der Waals surface area contributed by atoms with Crippen LogP contribution < -0.4 is 5.32 Å². The first-order chi connectivity index (χ1) is 5.68. The van der Waals surface area contributed by atoms with Gasteiger partial charge in [-0.3, -0.25) is 4.79 Å². The maximum absolute atomic E-state index is 11.0. The van der Waals surface area contributed by atoms with E-state index in [-0.39, 0.29) is 5.91 Å². The maximum atomic E-state index is 11.0. The van der Waals surface area contributed by atoms with Gasteiger partial charge in [0.05, 0.1) is 6.54 Å². The fourth-order valence-corrected chi connectivity index (χ4v) is 0.629. The summed E-state index contributed by atoms with van der Waals surface area (Å²) in [7, 11) is 3.49. The Bertz CT molecular complexity index is 188. The monoisotopic (exact) mass is 168 g/mol. The third kappa shape index (κ3) is 5.75. The molecule has 0 aromatic carbocycles. The fraction of sp³-hybridized carbons (Fsp3) is 0.667. The normalized spacial score (nSPS) is 8.58. The van der Waals surface area contributed by atoms with Gasteiger partial charge in [0.15, 0.2) is 0 Å². The molecule has 0 aliphatic heterocycles. The summed E-state index contributed by atoms with van der Waals surface area (Å²) in [6.45, 7) is 2.99. The number of nitrogens with zero attached hydrogens (tertiary/aromatic N) is 1. The quantitative estimate of drug-likeness (QED) is 0.476. The molecule has 0 heterocycles. The van der Waals surface area contributed by atoms with Crippen LogP contribution in [0.15, 0.2) is 0 Å². The predicted molar refractivity (Wildman–Crippen MR) is 49.6 cm³/mol. The first kappa shape index (κ1) is 11.0. The summed E-state index contributed by atoms with van der Waals surface area (Å²) in [6, 6.07) is 0. The lowest BCUT2D eigenvalue weighted by Gasteiger charge is -2.09. The second-order valence-corrected chi connectivity index (χ2v) is 2.64. The van der Waals surface area contributed by atoms with E-state index < -0.39 is 0 Å². The molecule has 3 heteroatoms. The Morgan fingerprint density at radius 2 is 2.17 bits per heavy atom. The van der Waals surface area contributed by atoms with Crippen molar-refractivity contribution in [3.05, 3.63) is 0 Å². The molecule has 0 aliphatic carbocycles. The van der Waals surface area contributed by atoms with Crippen molar-refractivity contribution in [3.8, 4) is 11.8 Å². The molecule has 12 heavy (non-hydrogen) atoms. The van der Waals surface area contributed by atoms with Crippen molar-refractivity contribution in [2.45, 2.75) is 13.3 Å². The topological polar surface area (TPSA) is 32.3 Å². The van der Waals surface area contributed by atoms with Crippen molar-refractivity contribution in [3.63, 3.8) is 0 Å². The van der Waals surface area contributed by atoms with E-state index in [9.17, 15) is 4.79 Å². The van der Waals surface area contributed by atoms with E-state index in [1.165, 1.54) is 0 Å². The zero-order valence-electron chi connectivity index (χ0n) is 7.98. The van der Waals surface area contributed by atoms with Crippen LogP contribution in [0, 0.1) is 11.8 Å². The zero-order valence-corrected chi connectivity index (χ0v) is 7.98. The Kier molecular flexibility index (Phi) is 6.12. The molecule has 0 saturated carbocycles. The molecule has 0 atom stereocenters. The molecule has 3 nitrogen and oxygen atoms in total. The summed E-state index contributed by atoms with van der Waals surface area (Å²) < 4.78 is 0. The Morgan fingerprint density at radius 1 is 1.50 bits per heavy atom. The smallest absolute Gasteiger partial charge is 0.236 e. The van der Waals surface area contributed by atoms with Crippen LogP contribution >= 0.6 is 0 Å². The highest BCUT2D eigenvalue weighted by atomic mass is 16.2. The standard InChI is InChI=1S/C9H16N2O/c1-4-5-6-7-10-8-9(12)11(2)3/h10H,6-8H2,1-3H3. The lowest BCUT2D eigenvalue weighted by atomic mass is 10.4. The van der Waals surface area contributed by atoms with Crippen LogP contribution in [0.4, 0.5) is 0 Å². The number of hydrogen-bond acceptors (Lipinski definition) is 2. The van der Waals surface area contributed by atoms with Crippen molar-refractivity contribution in [1.82, 2.24) is 10.2 Å². The van der Waals surface area contributed by atoms with Crippen LogP contribution in [0.3, 0.4) is 0 Å². The molecule has 0 spiro atoms. The van der Waals surface area contributed by atoms with Crippen molar-refractivity contribution >= 4 is 5.91 Å². The molecule has 0 rings (SSSR count). The number of carbonyl (C=O) groups is 1. The van der Waals surface area contributed by atoms with E-state index in [0.29, 0.717) is 6.54 Å². The van der Waals surface area contributed by atoms with E-state index in [0.717, 1.165) is 13.0 Å². The van der Waals surface area contributed by atoms with E-state index in [1.54, 1.807) is 19.0 Å². The van der Waals surface area contributed by atoms with E-state index in [1.807, 2.05) is 6.92 Å². The molecular weight excluding hydrogens is 152 g/mol. The molecule has 1 N–H and O–H groups in total. The Hall–Kier alpha value is -1.01. The zero-order chi connectivity index (χ0) is 9.40. The molecule has 0 saturated heterocycles. The summed E-state index contributed by atoms with van der Waals surface area (Å²) in [5.41, 5.74) is 0. The van der Waals surface area contributed by atoms with Crippen LogP contribution in [0.1, 0.15) is 13.3 Å². The molecule has 0 unspecified atom stereocenters. The minimum Gasteiger partial charge on any atom is -0.348 e. The summed E-state index contributed by atoms with van der Waals surface area (Å²) in [6.07, 6.45) is 0.803. The van der Waals surface area contributed by atoms with Crippen LogP contribution in [-0.4, -0.2) is 38.0 Å². The van der Waals surface area contributed by atoms with Crippen LogP contribution in [0.5, 0.6) is 0 Å². The number of amides is 1. The first-order valence-electron chi connectivity index (χ1n) is 3.99. The van der Waals surface area contributed by atoms with Crippen LogP contribution in [0.25, 0.3) is 0 Å². The van der Waals surface area contributed by atoms with Crippen LogP contribution in [0.2, 0.25) is 0 Å². The highest BCUT2D eigenvalue weighted by Gasteiger charge is 2.00. The van der Waals surface area contributed by atoms with Gasteiger partial charge in [0.1, 0.15) is 0 Å². The van der Waals surface area contributed by atoms with E-state index >= 15 is 0 Å². The fourth-order valence-electron chi connectivity index (χ4n) is 0.629. The van der Waals surface area contributed by atoms with Gasteiger partial charge >= 0.3 is 0 Å². The van der Waals surface area contributed by atoms with E-state index in [4.69, 9.17) is 0 Å². The molecular formula is C9H16N2O.